The molecule has 0 saturated carbocycles. The van der Waals surface area contributed by atoms with E-state index in [1.54, 1.807) is 0 Å². The van der Waals surface area contributed by atoms with Gasteiger partial charge < -0.3 is 14.8 Å². The third-order valence-corrected chi connectivity index (χ3v) is 2.27. The van der Waals surface area contributed by atoms with Gasteiger partial charge in [0.25, 0.3) is 0 Å². The van der Waals surface area contributed by atoms with Crippen LogP contribution in [0.1, 0.15) is 16.2 Å². The van der Waals surface area contributed by atoms with Gasteiger partial charge in [0.15, 0.2) is 5.69 Å². The number of esters is 1. The third kappa shape index (κ3) is 3.75. The van der Waals surface area contributed by atoms with Crippen molar-refractivity contribution >= 4 is 17.9 Å². The number of aromatic nitrogens is 3. The average molecular weight is 285 g/mol. The van der Waals surface area contributed by atoms with Crippen molar-refractivity contribution in [1.82, 2.24) is 25.6 Å². The Morgan fingerprint density at radius 1 is 1.30 bits per heavy atom. The number of rotatable bonds is 5. The largest absolute Gasteiger partial charge is 0.464 e. The van der Waals surface area contributed by atoms with E-state index in [0.717, 1.165) is 4.68 Å². The van der Waals surface area contributed by atoms with E-state index >= 15 is 0 Å². The fourth-order valence-electron chi connectivity index (χ4n) is 1.36. The summed E-state index contributed by atoms with van der Waals surface area (Å²) >= 11 is 0. The fraction of sp³-hybridized carbons (Fsp3) is 0.500. The Morgan fingerprint density at radius 2 is 2.00 bits per heavy atom. The fourth-order valence-corrected chi connectivity index (χ4v) is 1.36. The van der Waals surface area contributed by atoms with Crippen LogP contribution < -0.4 is 10.6 Å². The van der Waals surface area contributed by atoms with E-state index < -0.39 is 17.9 Å². The van der Waals surface area contributed by atoms with E-state index in [2.05, 4.69) is 25.7 Å². The van der Waals surface area contributed by atoms with Gasteiger partial charge in [0.05, 0.1) is 19.4 Å². The average Bonchev–Trinajstić information content (AvgIpc) is 2.81. The molecule has 0 unspecified atom stereocenters. The summed E-state index contributed by atoms with van der Waals surface area (Å²) in [6.45, 7) is -0.263. The van der Waals surface area contributed by atoms with Crippen LogP contribution in [0.3, 0.4) is 0 Å². The minimum Gasteiger partial charge on any atom is -0.464 e. The van der Waals surface area contributed by atoms with Crippen molar-refractivity contribution in [2.45, 2.75) is 13.2 Å². The number of carbonyl (C=O) groups excluding carboxylic acids is 3. The number of amides is 3. The molecule has 0 aliphatic heterocycles. The molecule has 10 heteroatoms. The highest BCUT2D eigenvalue weighted by Gasteiger charge is 2.21. The van der Waals surface area contributed by atoms with Gasteiger partial charge in [-0.15, -0.1) is 5.10 Å². The van der Waals surface area contributed by atoms with Crippen LogP contribution in [0, 0.1) is 0 Å². The summed E-state index contributed by atoms with van der Waals surface area (Å²) in [5.41, 5.74) is 0.244. The monoisotopic (exact) mass is 285 g/mol. The van der Waals surface area contributed by atoms with Gasteiger partial charge in [0.1, 0.15) is 6.54 Å². The summed E-state index contributed by atoms with van der Waals surface area (Å²) in [5.74, 6) is -1.29. The zero-order chi connectivity index (χ0) is 15.1. The molecule has 1 aromatic rings. The zero-order valence-electron chi connectivity index (χ0n) is 11.3. The minimum absolute atomic E-state index is 0.0185. The van der Waals surface area contributed by atoms with Crippen LogP contribution in [0.4, 0.5) is 4.79 Å². The van der Waals surface area contributed by atoms with Gasteiger partial charge in [-0.3, -0.25) is 10.1 Å². The van der Waals surface area contributed by atoms with E-state index in [1.807, 2.05) is 0 Å². The maximum Gasteiger partial charge on any atom is 0.360 e. The Kier molecular flexibility index (Phi) is 5.59. The second-order valence-corrected chi connectivity index (χ2v) is 3.59. The summed E-state index contributed by atoms with van der Waals surface area (Å²) in [5, 5.41) is 11.6. The lowest BCUT2D eigenvalue weighted by Crippen LogP contribution is -2.39. The van der Waals surface area contributed by atoms with Crippen molar-refractivity contribution in [3.05, 3.63) is 11.4 Å². The number of nitrogens with zero attached hydrogens (tertiary/aromatic N) is 3. The number of ether oxygens (including phenoxy) is 2. The number of methoxy groups -OCH3 is 2. The molecule has 0 bridgehead atoms. The lowest BCUT2D eigenvalue weighted by molar-refractivity contribution is -0.120. The van der Waals surface area contributed by atoms with Gasteiger partial charge in [-0.05, 0) is 0 Å². The Morgan fingerprint density at radius 3 is 2.55 bits per heavy atom. The van der Waals surface area contributed by atoms with E-state index in [-0.39, 0.29) is 24.5 Å². The molecule has 1 aromatic heterocycles. The van der Waals surface area contributed by atoms with E-state index in [1.165, 1.54) is 21.3 Å². The summed E-state index contributed by atoms with van der Waals surface area (Å²) in [6, 6.07) is -0.642. The second-order valence-electron chi connectivity index (χ2n) is 3.59. The molecule has 0 aromatic carbocycles. The van der Waals surface area contributed by atoms with Gasteiger partial charge in [-0.2, -0.15) is 0 Å². The summed E-state index contributed by atoms with van der Waals surface area (Å²) in [4.78, 5) is 34.0. The first-order chi connectivity index (χ1) is 9.53. The van der Waals surface area contributed by atoms with E-state index in [4.69, 9.17) is 4.74 Å². The molecule has 20 heavy (non-hydrogen) atoms. The molecule has 0 aliphatic carbocycles. The predicted octanol–water partition coefficient (Wildman–Crippen LogP) is -1.33. The van der Waals surface area contributed by atoms with Crippen molar-refractivity contribution in [2.75, 3.05) is 21.3 Å². The Balaban J connectivity index is 2.89. The standard InChI is InChI=1S/C10H15N5O5/c1-11-10(18)12-7(16)4-15-6(5-19-2)8(13-14-15)9(17)20-3/h4-5H2,1-3H3,(H2,11,12,16,18). The number of nitrogens with one attached hydrogen (secondary N) is 2. The van der Waals surface area contributed by atoms with Crippen LogP contribution in [0.25, 0.3) is 0 Å². The lowest BCUT2D eigenvalue weighted by atomic mass is 10.3. The highest BCUT2D eigenvalue weighted by atomic mass is 16.5. The molecule has 2 N–H and O–H groups in total. The molecule has 0 spiro atoms. The number of hydrogen-bond donors (Lipinski definition) is 2. The van der Waals surface area contributed by atoms with E-state index in [9.17, 15) is 14.4 Å². The molecule has 0 radical (unpaired) electrons. The predicted molar refractivity (Wildman–Crippen MR) is 64.7 cm³/mol. The highest BCUT2D eigenvalue weighted by molar-refractivity contribution is 5.94. The summed E-state index contributed by atoms with van der Waals surface area (Å²) in [7, 11) is 4.00. The van der Waals surface area contributed by atoms with Crippen LogP contribution >= 0.6 is 0 Å². The summed E-state index contributed by atoms with van der Waals surface area (Å²) < 4.78 is 10.6. The molecule has 1 rings (SSSR count). The first-order valence-electron chi connectivity index (χ1n) is 5.54. The van der Waals surface area contributed by atoms with Crippen molar-refractivity contribution in [3.63, 3.8) is 0 Å². The number of imide groups is 1. The normalized spacial score (nSPS) is 9.95. The molecule has 0 atom stereocenters. The number of urea groups is 1. The van der Waals surface area contributed by atoms with Gasteiger partial charge in [0, 0.05) is 14.2 Å². The molecule has 0 saturated heterocycles. The van der Waals surface area contributed by atoms with Crippen LogP contribution in [-0.2, 0) is 27.4 Å². The number of hydrogen-bond acceptors (Lipinski definition) is 7. The van der Waals surface area contributed by atoms with Crippen LogP contribution in [-0.4, -0.2) is 54.2 Å². The maximum atomic E-state index is 11.6. The van der Waals surface area contributed by atoms with Crippen LogP contribution in [0.5, 0.6) is 0 Å². The molecule has 3 amide bonds. The highest BCUT2D eigenvalue weighted by Crippen LogP contribution is 2.08. The first kappa shape index (κ1) is 15.6. The van der Waals surface area contributed by atoms with Gasteiger partial charge in [0.2, 0.25) is 5.91 Å². The molecule has 10 nitrogen and oxygen atoms in total. The van der Waals surface area contributed by atoms with Crippen molar-refractivity contribution < 1.29 is 23.9 Å². The van der Waals surface area contributed by atoms with Crippen LogP contribution in [0.15, 0.2) is 0 Å². The molecular weight excluding hydrogens is 270 g/mol. The smallest absolute Gasteiger partial charge is 0.360 e. The first-order valence-corrected chi connectivity index (χ1v) is 5.54. The Bertz CT molecular complexity index is 512. The number of carbonyl (C=O) groups is 3. The summed E-state index contributed by atoms with van der Waals surface area (Å²) in [6.07, 6.45) is 0. The maximum absolute atomic E-state index is 11.6. The zero-order valence-corrected chi connectivity index (χ0v) is 11.3. The molecule has 0 aliphatic rings. The third-order valence-electron chi connectivity index (χ3n) is 2.27. The second kappa shape index (κ2) is 7.19. The van der Waals surface area contributed by atoms with Crippen molar-refractivity contribution in [1.29, 1.82) is 0 Å². The molecule has 110 valence electrons. The lowest BCUT2D eigenvalue weighted by Gasteiger charge is -2.07. The topological polar surface area (TPSA) is 124 Å². The minimum atomic E-state index is -0.685. The molecule has 1 heterocycles. The SMILES string of the molecule is CNC(=O)NC(=O)Cn1nnc(C(=O)OC)c1COC. The quantitative estimate of drug-likeness (QED) is 0.642. The van der Waals surface area contributed by atoms with Crippen molar-refractivity contribution in [3.8, 4) is 0 Å². The van der Waals surface area contributed by atoms with Gasteiger partial charge in [-0.25, -0.2) is 14.3 Å². The van der Waals surface area contributed by atoms with E-state index in [0.29, 0.717) is 0 Å². The van der Waals surface area contributed by atoms with Crippen LogP contribution in [0.2, 0.25) is 0 Å². The van der Waals surface area contributed by atoms with Crippen molar-refractivity contribution in [2.24, 2.45) is 0 Å². The van der Waals surface area contributed by atoms with Gasteiger partial charge >= 0.3 is 12.0 Å². The van der Waals surface area contributed by atoms with Gasteiger partial charge in [-0.1, -0.05) is 5.21 Å². The molecular formula is C10H15N5O5. The Labute approximate surface area is 114 Å². The Hall–Kier alpha value is -2.49. The molecule has 0 fully saturated rings.